The van der Waals surface area contributed by atoms with Crippen molar-refractivity contribution in [2.24, 2.45) is 0 Å². The first-order valence-electron chi connectivity index (χ1n) is 11.7. The molecule has 1 N–H and O–H groups in total. The number of halogens is 5. The van der Waals surface area contributed by atoms with Crippen LogP contribution in [0.3, 0.4) is 0 Å². The zero-order valence-corrected chi connectivity index (χ0v) is 20.8. The summed E-state index contributed by atoms with van der Waals surface area (Å²) >= 11 is 0. The lowest BCUT2D eigenvalue weighted by Crippen LogP contribution is -2.58. The fourth-order valence-corrected chi connectivity index (χ4v) is 4.78. The van der Waals surface area contributed by atoms with Crippen LogP contribution in [0, 0.1) is 11.6 Å². The van der Waals surface area contributed by atoms with E-state index in [-0.39, 0.29) is 37.4 Å². The lowest BCUT2D eigenvalue weighted by Gasteiger charge is -2.42. The number of ether oxygens (including phenoxy) is 1. The number of imide groups is 1. The highest BCUT2D eigenvalue weighted by atomic mass is 19.4. The molecule has 0 bridgehead atoms. The summed E-state index contributed by atoms with van der Waals surface area (Å²) in [4.78, 5) is 54.5. The number of rotatable bonds is 5. The van der Waals surface area contributed by atoms with Crippen molar-refractivity contribution in [3.8, 4) is 5.75 Å². The average Bonchev–Trinajstić information content (AvgIpc) is 3.07. The van der Waals surface area contributed by atoms with E-state index in [1.54, 1.807) is 0 Å². The van der Waals surface area contributed by atoms with Crippen molar-refractivity contribution in [1.82, 2.24) is 15.1 Å². The first-order chi connectivity index (χ1) is 18.3. The summed E-state index contributed by atoms with van der Waals surface area (Å²) in [6.45, 7) is -0.676. The molecule has 2 aliphatic rings. The average molecular weight is 554 g/mol. The van der Waals surface area contributed by atoms with E-state index >= 15 is 0 Å². The SMILES string of the molecule is COc1ccc(N2C(=O)N(C)C(=O)C23CCN(C(=O)CNC(=O)c2cc(C(F)(F)F)ccc2F)CC3)cc1F. The Hall–Kier alpha value is -4.23. The van der Waals surface area contributed by atoms with Crippen LogP contribution in [0.2, 0.25) is 0 Å². The third kappa shape index (κ3) is 4.98. The van der Waals surface area contributed by atoms with Crippen molar-refractivity contribution in [2.45, 2.75) is 24.6 Å². The quantitative estimate of drug-likeness (QED) is 0.452. The lowest BCUT2D eigenvalue weighted by molar-refractivity contribution is -0.137. The van der Waals surface area contributed by atoms with Crippen molar-refractivity contribution >= 4 is 29.4 Å². The number of hydrogen-bond acceptors (Lipinski definition) is 5. The Morgan fingerprint density at radius 1 is 1.03 bits per heavy atom. The molecule has 0 radical (unpaired) electrons. The smallest absolute Gasteiger partial charge is 0.416 e. The van der Waals surface area contributed by atoms with Gasteiger partial charge in [0, 0.05) is 31.9 Å². The molecule has 0 aliphatic carbocycles. The molecule has 0 aromatic heterocycles. The first kappa shape index (κ1) is 27.8. The van der Waals surface area contributed by atoms with Crippen molar-refractivity contribution in [3.05, 3.63) is 59.2 Å². The molecule has 2 aromatic rings. The summed E-state index contributed by atoms with van der Waals surface area (Å²) in [5.74, 6) is -4.32. The minimum atomic E-state index is -4.79. The number of likely N-dealkylation sites (tertiary alicyclic amines) is 1. The highest BCUT2D eigenvalue weighted by Gasteiger charge is 2.58. The highest BCUT2D eigenvalue weighted by Crippen LogP contribution is 2.41. The van der Waals surface area contributed by atoms with Gasteiger partial charge in [-0.25, -0.2) is 13.6 Å². The fraction of sp³-hybridized carbons (Fsp3) is 0.360. The van der Waals surface area contributed by atoms with Crippen LogP contribution in [-0.2, 0) is 15.8 Å². The first-order valence-corrected chi connectivity index (χ1v) is 11.7. The number of nitrogens with zero attached hydrogens (tertiary/aromatic N) is 3. The number of benzene rings is 2. The van der Waals surface area contributed by atoms with E-state index in [1.807, 2.05) is 0 Å². The number of methoxy groups -OCH3 is 1. The van der Waals surface area contributed by atoms with Crippen molar-refractivity contribution in [3.63, 3.8) is 0 Å². The van der Waals surface area contributed by atoms with Crippen molar-refractivity contribution in [1.29, 1.82) is 0 Å². The summed E-state index contributed by atoms with van der Waals surface area (Å²) in [5, 5.41) is 2.12. The van der Waals surface area contributed by atoms with Gasteiger partial charge < -0.3 is 15.0 Å². The number of amides is 5. The van der Waals surface area contributed by atoms with E-state index in [1.165, 1.54) is 36.1 Å². The maximum Gasteiger partial charge on any atom is 0.416 e. The number of carbonyl (C=O) groups is 4. The van der Waals surface area contributed by atoms with Crippen LogP contribution in [0.1, 0.15) is 28.8 Å². The molecule has 14 heteroatoms. The van der Waals surface area contributed by atoms with Gasteiger partial charge in [-0.05, 0) is 43.2 Å². The van der Waals surface area contributed by atoms with Gasteiger partial charge in [-0.1, -0.05) is 0 Å². The van der Waals surface area contributed by atoms with Crippen LogP contribution in [0.25, 0.3) is 0 Å². The van der Waals surface area contributed by atoms with Crippen LogP contribution < -0.4 is 15.0 Å². The number of likely N-dealkylation sites (N-methyl/N-ethyl adjacent to an activating group) is 1. The molecule has 2 fully saturated rings. The Morgan fingerprint density at radius 3 is 2.28 bits per heavy atom. The normalized spacial score (nSPS) is 17.2. The summed E-state index contributed by atoms with van der Waals surface area (Å²) < 4.78 is 72.0. The fourth-order valence-electron chi connectivity index (χ4n) is 4.78. The third-order valence-corrected chi connectivity index (χ3v) is 6.88. The second kappa shape index (κ2) is 10.2. The predicted molar refractivity (Wildman–Crippen MR) is 126 cm³/mol. The van der Waals surface area contributed by atoms with Crippen molar-refractivity contribution < 1.29 is 45.9 Å². The minimum absolute atomic E-state index is 0.00248. The Morgan fingerprint density at radius 2 is 1.69 bits per heavy atom. The molecular weight excluding hydrogens is 531 g/mol. The van der Waals surface area contributed by atoms with Crippen molar-refractivity contribution in [2.75, 3.05) is 38.7 Å². The van der Waals surface area contributed by atoms with Gasteiger partial charge in [0.05, 0.1) is 24.8 Å². The number of piperidine rings is 1. The van der Waals surface area contributed by atoms with E-state index < -0.39 is 64.8 Å². The molecule has 4 rings (SSSR count). The third-order valence-electron chi connectivity index (χ3n) is 6.88. The molecule has 2 saturated heterocycles. The molecular formula is C25H23F5N4O5. The summed E-state index contributed by atoms with van der Waals surface area (Å²) in [6.07, 6.45) is -4.80. The molecule has 5 amide bonds. The monoisotopic (exact) mass is 554 g/mol. The van der Waals surface area contributed by atoms with Gasteiger partial charge in [-0.15, -0.1) is 0 Å². The molecule has 208 valence electrons. The van der Waals surface area contributed by atoms with Gasteiger partial charge >= 0.3 is 12.2 Å². The molecule has 2 aromatic carbocycles. The van der Waals surface area contributed by atoms with E-state index in [4.69, 9.17) is 4.74 Å². The van der Waals surface area contributed by atoms with Gasteiger partial charge in [0.2, 0.25) is 5.91 Å². The second-order valence-corrected chi connectivity index (χ2v) is 9.09. The molecule has 39 heavy (non-hydrogen) atoms. The van der Waals surface area contributed by atoms with E-state index in [0.29, 0.717) is 18.2 Å². The van der Waals surface area contributed by atoms with Gasteiger partial charge in [0.1, 0.15) is 11.4 Å². The van der Waals surface area contributed by atoms with Crippen LogP contribution in [-0.4, -0.2) is 72.9 Å². The summed E-state index contributed by atoms with van der Waals surface area (Å²) in [5.41, 5.74) is -3.33. The van der Waals surface area contributed by atoms with Crippen LogP contribution in [0.15, 0.2) is 36.4 Å². The van der Waals surface area contributed by atoms with Gasteiger partial charge in [0.15, 0.2) is 11.6 Å². The van der Waals surface area contributed by atoms with Gasteiger partial charge in [0.25, 0.3) is 11.8 Å². The van der Waals surface area contributed by atoms with E-state index in [2.05, 4.69) is 5.32 Å². The molecule has 9 nitrogen and oxygen atoms in total. The molecule has 0 saturated carbocycles. The number of nitrogens with one attached hydrogen (secondary N) is 1. The highest BCUT2D eigenvalue weighted by molar-refractivity contribution is 6.16. The van der Waals surface area contributed by atoms with Crippen LogP contribution in [0.5, 0.6) is 5.75 Å². The zero-order chi connectivity index (χ0) is 28.7. The molecule has 0 atom stereocenters. The molecule has 1 spiro atoms. The maximum atomic E-state index is 14.4. The Bertz CT molecular complexity index is 1340. The summed E-state index contributed by atoms with van der Waals surface area (Å²) in [7, 11) is 2.58. The largest absolute Gasteiger partial charge is 0.494 e. The standard InChI is InChI=1S/C25H23F5N4O5/c1-32-22(37)24(34(23(32)38)15-4-6-19(39-2)18(27)12-15)7-9-33(10-8-24)20(35)13-31-21(36)16-11-14(25(28,29)30)3-5-17(16)26/h3-6,11-12H,7-10,13H2,1-2H3,(H,31,36). The van der Waals surface area contributed by atoms with E-state index in [0.717, 1.165) is 11.0 Å². The van der Waals surface area contributed by atoms with Gasteiger partial charge in [-0.2, -0.15) is 13.2 Å². The minimum Gasteiger partial charge on any atom is -0.494 e. The Balaban J connectivity index is 1.45. The lowest BCUT2D eigenvalue weighted by atomic mass is 9.85. The van der Waals surface area contributed by atoms with E-state index in [9.17, 15) is 41.1 Å². The summed E-state index contributed by atoms with van der Waals surface area (Å²) in [6, 6.07) is 4.54. The Kier molecular flexibility index (Phi) is 7.23. The zero-order valence-electron chi connectivity index (χ0n) is 20.8. The second-order valence-electron chi connectivity index (χ2n) is 9.09. The topological polar surface area (TPSA) is 99.3 Å². The van der Waals surface area contributed by atoms with Gasteiger partial charge in [-0.3, -0.25) is 24.2 Å². The number of urea groups is 1. The maximum absolute atomic E-state index is 14.4. The van der Waals surface area contributed by atoms with Crippen LogP contribution in [0.4, 0.5) is 32.4 Å². The number of alkyl halides is 3. The number of hydrogen-bond donors (Lipinski definition) is 1. The number of carbonyl (C=O) groups excluding carboxylic acids is 4. The Labute approximate surface area is 219 Å². The molecule has 2 heterocycles. The predicted octanol–water partition coefficient (Wildman–Crippen LogP) is 3.18. The molecule has 2 aliphatic heterocycles. The van der Waals surface area contributed by atoms with Crippen LogP contribution >= 0.6 is 0 Å². The number of anilines is 1. The molecule has 0 unspecified atom stereocenters.